The van der Waals surface area contributed by atoms with Crippen LogP contribution in [0.5, 0.6) is 0 Å². The van der Waals surface area contributed by atoms with Gasteiger partial charge in [0.25, 0.3) is 10.1 Å². The molecule has 40 heavy (non-hydrogen) atoms. The van der Waals surface area contributed by atoms with E-state index in [2.05, 4.69) is 13.2 Å². The Morgan fingerprint density at radius 3 is 1.40 bits per heavy atom. The van der Waals surface area contributed by atoms with Crippen LogP contribution in [0.3, 0.4) is 0 Å². The van der Waals surface area contributed by atoms with Gasteiger partial charge in [0.05, 0.1) is 29.2 Å². The minimum atomic E-state index is -4.55. The summed E-state index contributed by atoms with van der Waals surface area (Å²) in [5.41, 5.74) is -0.301. The zero-order valence-corrected chi connectivity index (χ0v) is 25.1. The summed E-state index contributed by atoms with van der Waals surface area (Å²) >= 11 is 0. The number of rotatable bonds is 25. The summed E-state index contributed by atoms with van der Waals surface area (Å²) in [4.78, 5) is 25.0. The molecule has 7 nitrogen and oxygen atoms in total. The number of carbonyl (C=O) groups excluding carboxylic acids is 2. The molecule has 0 saturated carbocycles. The number of esters is 2. The number of ether oxygens (including phenoxy) is 2. The third-order valence-corrected chi connectivity index (χ3v) is 7.65. The van der Waals surface area contributed by atoms with E-state index in [1.807, 2.05) is 12.2 Å². The summed E-state index contributed by atoms with van der Waals surface area (Å²) in [6.45, 7) is 7.84. The van der Waals surface area contributed by atoms with Gasteiger partial charge in [-0.1, -0.05) is 89.2 Å². The van der Waals surface area contributed by atoms with Crippen LogP contribution in [0.15, 0.2) is 48.4 Å². The monoisotopic (exact) mass is 578 g/mol. The Morgan fingerprint density at radius 1 is 0.625 bits per heavy atom. The Labute approximate surface area is 242 Å². The van der Waals surface area contributed by atoms with Gasteiger partial charge in [-0.2, -0.15) is 8.42 Å². The molecule has 0 aliphatic carbocycles. The standard InChI is InChI=1S/C32H50O7S/c1-3-5-7-9-11-13-15-17-19-21-25-38-31(33)29-24-23-28(40(35,36)37)27-30(29)32(34)39-26-22-20-18-16-14-12-10-8-6-4-2/h3-4,23-24,27H,1-2,5-22,25-26H2,(H,35,36,37). The molecule has 0 aromatic heterocycles. The van der Waals surface area contributed by atoms with Gasteiger partial charge in [0, 0.05) is 0 Å². The molecule has 1 rings (SSSR count). The van der Waals surface area contributed by atoms with E-state index in [0.29, 0.717) is 12.8 Å². The van der Waals surface area contributed by atoms with Crippen LogP contribution in [-0.2, 0) is 19.6 Å². The molecule has 1 aromatic carbocycles. The number of unbranched alkanes of at least 4 members (excludes halogenated alkanes) is 16. The van der Waals surface area contributed by atoms with Crippen molar-refractivity contribution in [1.82, 2.24) is 0 Å². The summed E-state index contributed by atoms with van der Waals surface area (Å²) in [7, 11) is -4.55. The molecule has 0 heterocycles. The second kappa shape index (κ2) is 22.3. The minimum absolute atomic E-state index is 0.0756. The summed E-state index contributed by atoms with van der Waals surface area (Å²) in [5, 5.41) is 0. The maximum absolute atomic E-state index is 12.8. The van der Waals surface area contributed by atoms with Crippen molar-refractivity contribution in [2.75, 3.05) is 13.2 Å². The summed E-state index contributed by atoms with van der Waals surface area (Å²) in [6, 6.07) is 3.23. The Balaban J connectivity index is 2.46. The summed E-state index contributed by atoms with van der Waals surface area (Å²) in [6.07, 6.45) is 23.3. The highest BCUT2D eigenvalue weighted by Crippen LogP contribution is 2.19. The second-order valence-corrected chi connectivity index (χ2v) is 11.7. The van der Waals surface area contributed by atoms with Crippen molar-refractivity contribution in [1.29, 1.82) is 0 Å². The molecule has 1 N–H and O–H groups in total. The van der Waals surface area contributed by atoms with E-state index < -0.39 is 27.0 Å². The fourth-order valence-corrected chi connectivity index (χ4v) is 4.93. The molecular weight excluding hydrogens is 528 g/mol. The van der Waals surface area contributed by atoms with E-state index in [1.165, 1.54) is 57.4 Å². The van der Waals surface area contributed by atoms with Gasteiger partial charge in [-0.25, -0.2) is 9.59 Å². The van der Waals surface area contributed by atoms with Gasteiger partial charge in [0.1, 0.15) is 0 Å². The van der Waals surface area contributed by atoms with Crippen LogP contribution in [0.4, 0.5) is 0 Å². The largest absolute Gasteiger partial charge is 0.462 e. The van der Waals surface area contributed by atoms with E-state index in [1.54, 1.807) is 0 Å². The van der Waals surface area contributed by atoms with Gasteiger partial charge in [0.2, 0.25) is 0 Å². The molecule has 0 aliphatic heterocycles. The number of hydrogen-bond donors (Lipinski definition) is 1. The quantitative estimate of drug-likeness (QED) is 0.0535. The van der Waals surface area contributed by atoms with Crippen LogP contribution in [-0.4, -0.2) is 38.1 Å². The fraction of sp³-hybridized carbons (Fsp3) is 0.625. The number of allylic oxidation sites excluding steroid dienone is 2. The van der Waals surface area contributed by atoms with Crippen molar-refractivity contribution in [3.8, 4) is 0 Å². The average molecular weight is 579 g/mol. The first-order valence-electron chi connectivity index (χ1n) is 15.0. The maximum Gasteiger partial charge on any atom is 0.339 e. The smallest absolute Gasteiger partial charge is 0.339 e. The Morgan fingerprint density at radius 2 is 1.00 bits per heavy atom. The topological polar surface area (TPSA) is 107 Å². The van der Waals surface area contributed by atoms with Crippen molar-refractivity contribution >= 4 is 22.1 Å². The molecule has 0 saturated heterocycles. The van der Waals surface area contributed by atoms with E-state index in [-0.39, 0.29) is 24.3 Å². The highest BCUT2D eigenvalue weighted by atomic mass is 32.2. The second-order valence-electron chi connectivity index (χ2n) is 10.3. The first-order chi connectivity index (χ1) is 19.3. The van der Waals surface area contributed by atoms with Gasteiger partial charge in [-0.15, -0.1) is 13.2 Å². The molecule has 8 heteroatoms. The predicted molar refractivity (Wildman–Crippen MR) is 160 cm³/mol. The van der Waals surface area contributed by atoms with E-state index in [0.717, 1.165) is 63.5 Å². The molecule has 0 aliphatic rings. The van der Waals surface area contributed by atoms with Gasteiger partial charge in [0.15, 0.2) is 0 Å². The molecule has 0 unspecified atom stereocenters. The van der Waals surface area contributed by atoms with Gasteiger partial charge >= 0.3 is 11.9 Å². The van der Waals surface area contributed by atoms with Gasteiger partial charge in [-0.3, -0.25) is 4.55 Å². The van der Waals surface area contributed by atoms with Crippen LogP contribution < -0.4 is 0 Å². The zero-order valence-electron chi connectivity index (χ0n) is 24.2. The first kappa shape index (κ1) is 35.6. The maximum atomic E-state index is 12.8. The Bertz CT molecular complexity index is 985. The van der Waals surface area contributed by atoms with Crippen LogP contribution >= 0.6 is 0 Å². The number of carbonyl (C=O) groups is 2. The molecule has 226 valence electrons. The molecule has 1 aromatic rings. The third kappa shape index (κ3) is 16.6. The number of benzene rings is 1. The van der Waals surface area contributed by atoms with Crippen molar-refractivity contribution in [2.45, 2.75) is 120 Å². The Kier molecular flexibility index (Phi) is 19.8. The lowest BCUT2D eigenvalue weighted by Gasteiger charge is -2.11. The van der Waals surface area contributed by atoms with Gasteiger partial charge in [-0.05, 0) is 56.7 Å². The summed E-state index contributed by atoms with van der Waals surface area (Å²) < 4.78 is 43.3. The lowest BCUT2D eigenvalue weighted by Crippen LogP contribution is -2.16. The average Bonchev–Trinajstić information content (AvgIpc) is 2.93. The van der Waals surface area contributed by atoms with Gasteiger partial charge < -0.3 is 9.47 Å². The zero-order chi connectivity index (χ0) is 29.5. The molecule has 0 radical (unpaired) electrons. The van der Waals surface area contributed by atoms with Crippen molar-refractivity contribution in [3.63, 3.8) is 0 Å². The predicted octanol–water partition coefficient (Wildman–Crippen LogP) is 8.64. The molecule has 0 atom stereocenters. The van der Waals surface area contributed by atoms with Crippen LogP contribution in [0.2, 0.25) is 0 Å². The Hall–Kier alpha value is -2.45. The van der Waals surface area contributed by atoms with E-state index in [4.69, 9.17) is 9.47 Å². The lowest BCUT2D eigenvalue weighted by atomic mass is 10.1. The molecule has 0 fully saturated rings. The molecular formula is C32H50O7S. The number of hydrogen-bond acceptors (Lipinski definition) is 6. The van der Waals surface area contributed by atoms with Crippen LogP contribution in [0, 0.1) is 0 Å². The van der Waals surface area contributed by atoms with Crippen LogP contribution in [0.1, 0.15) is 136 Å². The highest BCUT2D eigenvalue weighted by molar-refractivity contribution is 7.85. The van der Waals surface area contributed by atoms with E-state index >= 15 is 0 Å². The molecule has 0 amide bonds. The van der Waals surface area contributed by atoms with E-state index in [9.17, 15) is 22.6 Å². The third-order valence-electron chi connectivity index (χ3n) is 6.80. The highest BCUT2D eigenvalue weighted by Gasteiger charge is 2.23. The van der Waals surface area contributed by atoms with Crippen LogP contribution in [0.25, 0.3) is 0 Å². The lowest BCUT2D eigenvalue weighted by molar-refractivity contribution is 0.0450. The fourth-order valence-electron chi connectivity index (χ4n) is 4.42. The first-order valence-corrected chi connectivity index (χ1v) is 16.4. The summed E-state index contributed by atoms with van der Waals surface area (Å²) in [5.74, 6) is -1.53. The van der Waals surface area contributed by atoms with Crippen molar-refractivity contribution in [2.24, 2.45) is 0 Å². The normalized spacial score (nSPS) is 11.2. The minimum Gasteiger partial charge on any atom is -0.462 e. The van der Waals surface area contributed by atoms with Crippen molar-refractivity contribution in [3.05, 3.63) is 54.6 Å². The SMILES string of the molecule is C=CCCCCCCCCCCOC(=O)c1ccc(S(=O)(=O)O)cc1C(=O)OCCCCCCCCCCC=C. The molecule has 0 bridgehead atoms. The molecule has 0 spiro atoms. The van der Waals surface area contributed by atoms with Crippen molar-refractivity contribution < 1.29 is 32.0 Å².